The van der Waals surface area contributed by atoms with E-state index in [0.717, 1.165) is 24.1 Å². The zero-order valence-corrected chi connectivity index (χ0v) is 16.8. The molecule has 32 heavy (non-hydrogen) atoms. The second-order valence-corrected chi connectivity index (χ2v) is 6.63. The van der Waals surface area contributed by atoms with Crippen molar-refractivity contribution in [1.82, 2.24) is 0 Å². The lowest BCUT2D eigenvalue weighted by Crippen LogP contribution is -2.00. The lowest BCUT2D eigenvalue weighted by Gasteiger charge is -2.07. The fraction of sp³-hybridized carbons (Fsp3) is 0.120. The molecule has 0 N–H and O–H groups in total. The first-order valence-electron chi connectivity index (χ1n) is 9.53. The molecular weight excluding hydrogens is 430 g/mol. The first-order chi connectivity index (χ1) is 15.3. The van der Waals surface area contributed by atoms with E-state index in [1.165, 1.54) is 12.1 Å². The van der Waals surface area contributed by atoms with Gasteiger partial charge in [0.25, 0.3) is 6.08 Å². The molecular formula is C25H16F6O. The van der Waals surface area contributed by atoms with Gasteiger partial charge in [0.15, 0.2) is 23.2 Å². The Morgan fingerprint density at radius 1 is 0.781 bits per heavy atom. The van der Waals surface area contributed by atoms with Crippen LogP contribution in [0.1, 0.15) is 23.6 Å². The summed E-state index contributed by atoms with van der Waals surface area (Å²) in [6.45, 7) is 1.32. The highest BCUT2D eigenvalue weighted by Gasteiger charge is 2.15. The van der Waals surface area contributed by atoms with E-state index in [1.54, 1.807) is 12.1 Å². The summed E-state index contributed by atoms with van der Waals surface area (Å²) in [6.07, 6.45) is -0.820. The second-order valence-electron chi connectivity index (χ2n) is 6.63. The van der Waals surface area contributed by atoms with Gasteiger partial charge in [-0.15, -0.1) is 0 Å². The van der Waals surface area contributed by atoms with E-state index >= 15 is 0 Å². The van der Waals surface area contributed by atoms with Crippen LogP contribution in [0.25, 0.3) is 11.1 Å². The molecule has 0 heterocycles. The predicted molar refractivity (Wildman–Crippen MR) is 109 cm³/mol. The normalized spacial score (nSPS) is 10.3. The third-order valence-corrected chi connectivity index (χ3v) is 4.61. The van der Waals surface area contributed by atoms with Crippen molar-refractivity contribution < 1.29 is 31.1 Å². The average Bonchev–Trinajstić information content (AvgIpc) is 2.78. The van der Waals surface area contributed by atoms with E-state index in [2.05, 4.69) is 11.8 Å². The molecule has 0 saturated heterocycles. The molecule has 0 saturated carbocycles. The molecule has 0 aliphatic heterocycles. The fourth-order valence-electron chi connectivity index (χ4n) is 2.86. The van der Waals surface area contributed by atoms with Crippen LogP contribution in [-0.4, -0.2) is 6.61 Å². The van der Waals surface area contributed by atoms with E-state index in [1.807, 2.05) is 19.1 Å². The van der Waals surface area contributed by atoms with Gasteiger partial charge in [0, 0.05) is 11.6 Å². The highest BCUT2D eigenvalue weighted by Crippen LogP contribution is 2.27. The van der Waals surface area contributed by atoms with Crippen LogP contribution in [0, 0.1) is 35.1 Å². The molecule has 3 aromatic carbocycles. The van der Waals surface area contributed by atoms with Crippen molar-refractivity contribution in [3.05, 3.63) is 101 Å². The molecule has 0 spiro atoms. The molecule has 0 aliphatic carbocycles. The Morgan fingerprint density at radius 3 is 1.97 bits per heavy atom. The molecule has 0 atom stereocenters. The Bertz CT molecular complexity index is 1220. The molecule has 0 aliphatic rings. The summed E-state index contributed by atoms with van der Waals surface area (Å²) in [5, 5.41) is 0. The summed E-state index contributed by atoms with van der Waals surface area (Å²) in [4.78, 5) is 0. The largest absolute Gasteiger partial charge is 0.486 e. The van der Waals surface area contributed by atoms with Gasteiger partial charge < -0.3 is 4.74 Å². The number of aryl methyl sites for hydroxylation is 1. The first-order valence-corrected chi connectivity index (χ1v) is 9.53. The van der Waals surface area contributed by atoms with Crippen LogP contribution >= 0.6 is 0 Å². The summed E-state index contributed by atoms with van der Waals surface area (Å²) < 4.78 is 86.0. The monoisotopic (exact) mass is 446 g/mol. The van der Waals surface area contributed by atoms with Gasteiger partial charge in [-0.25, -0.2) is 13.2 Å². The Labute approximate surface area is 181 Å². The van der Waals surface area contributed by atoms with E-state index in [0.29, 0.717) is 11.6 Å². The second kappa shape index (κ2) is 10.1. The zero-order valence-electron chi connectivity index (χ0n) is 16.8. The maximum atomic E-state index is 14.6. The van der Waals surface area contributed by atoms with E-state index in [-0.39, 0.29) is 11.1 Å². The molecule has 164 valence electrons. The van der Waals surface area contributed by atoms with Crippen LogP contribution in [0.5, 0.6) is 5.75 Å². The smallest absolute Gasteiger partial charge is 0.269 e. The molecule has 0 amide bonds. The highest BCUT2D eigenvalue weighted by molar-refractivity contribution is 5.66. The number of halogens is 6. The van der Waals surface area contributed by atoms with Crippen LogP contribution in [0.2, 0.25) is 0 Å². The Kier molecular flexibility index (Phi) is 7.26. The number of hydrogen-bond acceptors (Lipinski definition) is 1. The van der Waals surface area contributed by atoms with E-state index in [9.17, 15) is 26.3 Å². The van der Waals surface area contributed by atoms with Crippen molar-refractivity contribution in [3.8, 4) is 28.7 Å². The topological polar surface area (TPSA) is 9.23 Å². The van der Waals surface area contributed by atoms with Gasteiger partial charge in [0.05, 0.1) is 11.1 Å². The molecule has 7 heteroatoms. The lowest BCUT2D eigenvalue weighted by molar-refractivity contribution is 0.321. The van der Waals surface area contributed by atoms with Crippen LogP contribution < -0.4 is 4.74 Å². The number of benzene rings is 3. The van der Waals surface area contributed by atoms with Crippen molar-refractivity contribution in [2.45, 2.75) is 13.3 Å². The van der Waals surface area contributed by atoms with Crippen LogP contribution in [0.3, 0.4) is 0 Å². The number of hydrogen-bond donors (Lipinski definition) is 0. The molecule has 3 rings (SSSR count). The quantitative estimate of drug-likeness (QED) is 0.302. The Balaban J connectivity index is 1.87. The Morgan fingerprint density at radius 2 is 1.38 bits per heavy atom. The highest BCUT2D eigenvalue weighted by atomic mass is 19.3. The minimum absolute atomic E-state index is 0.0493. The SMILES string of the molecule is CCc1ccc(-c2ccc(C#Cc3ccc(OCC=C(F)F)c(F)c3F)c(F)c2F)cc1. The summed E-state index contributed by atoms with van der Waals surface area (Å²) in [7, 11) is 0. The van der Waals surface area contributed by atoms with Gasteiger partial charge in [-0.05, 0) is 41.8 Å². The lowest BCUT2D eigenvalue weighted by atomic mass is 10.0. The molecule has 0 radical (unpaired) electrons. The standard InChI is InChI=1S/C25H16F6O/c1-2-15-3-5-16(6-4-15)19-11-9-17(22(28)24(19)30)7-8-18-10-12-20(25(31)23(18)29)32-14-13-21(26)27/h3-6,9-13H,2,14H2,1H3. The number of rotatable bonds is 5. The molecule has 0 aromatic heterocycles. The molecule has 0 fully saturated rings. The summed E-state index contributed by atoms with van der Waals surface area (Å²) in [5.74, 6) is -1.18. The van der Waals surface area contributed by atoms with Gasteiger partial charge in [-0.3, -0.25) is 0 Å². The third-order valence-electron chi connectivity index (χ3n) is 4.61. The predicted octanol–water partition coefficient (Wildman–Crippen LogP) is 7.03. The van der Waals surface area contributed by atoms with Gasteiger partial charge in [-0.1, -0.05) is 43.0 Å². The summed E-state index contributed by atoms with van der Waals surface area (Å²) in [6, 6.07) is 11.7. The maximum absolute atomic E-state index is 14.6. The van der Waals surface area contributed by atoms with Crippen LogP contribution in [-0.2, 0) is 6.42 Å². The third kappa shape index (κ3) is 5.14. The molecule has 0 unspecified atom stereocenters. The van der Waals surface area contributed by atoms with Gasteiger partial charge >= 0.3 is 0 Å². The van der Waals surface area contributed by atoms with Crippen LogP contribution in [0.4, 0.5) is 26.3 Å². The van der Waals surface area contributed by atoms with Crippen molar-refractivity contribution in [1.29, 1.82) is 0 Å². The molecule has 1 nitrogen and oxygen atoms in total. The molecule has 0 bridgehead atoms. The van der Waals surface area contributed by atoms with E-state index < -0.39 is 47.3 Å². The fourth-order valence-corrected chi connectivity index (χ4v) is 2.86. The van der Waals surface area contributed by atoms with Gasteiger partial charge in [-0.2, -0.15) is 13.2 Å². The summed E-state index contributed by atoms with van der Waals surface area (Å²) >= 11 is 0. The minimum Gasteiger partial charge on any atom is -0.486 e. The number of ether oxygens (including phenoxy) is 1. The summed E-state index contributed by atoms with van der Waals surface area (Å²) in [5.41, 5.74) is 0.826. The first kappa shape index (κ1) is 23.0. The van der Waals surface area contributed by atoms with Crippen molar-refractivity contribution >= 4 is 0 Å². The van der Waals surface area contributed by atoms with Crippen molar-refractivity contribution in [3.63, 3.8) is 0 Å². The average molecular weight is 446 g/mol. The molecule has 3 aromatic rings. The minimum atomic E-state index is -2.02. The Hall–Kier alpha value is -3.66. The maximum Gasteiger partial charge on any atom is 0.269 e. The van der Waals surface area contributed by atoms with Gasteiger partial charge in [0.2, 0.25) is 5.82 Å². The van der Waals surface area contributed by atoms with E-state index in [4.69, 9.17) is 4.74 Å². The zero-order chi connectivity index (χ0) is 23.3. The van der Waals surface area contributed by atoms with Gasteiger partial charge in [0.1, 0.15) is 6.61 Å². The van der Waals surface area contributed by atoms with Crippen molar-refractivity contribution in [2.75, 3.05) is 6.61 Å². The van der Waals surface area contributed by atoms with Crippen LogP contribution in [0.15, 0.2) is 60.7 Å². The van der Waals surface area contributed by atoms with Crippen molar-refractivity contribution in [2.24, 2.45) is 0 Å².